The summed E-state index contributed by atoms with van der Waals surface area (Å²) in [6.45, 7) is 18.1. The van der Waals surface area contributed by atoms with Crippen LogP contribution in [0.25, 0.3) is 0 Å². The number of hydrogen-bond donors (Lipinski definition) is 7. The molecule has 0 saturated heterocycles. The highest BCUT2D eigenvalue weighted by atomic mass is 28.1. The Kier molecular flexibility index (Phi) is 35.8. The molecule has 0 rings (SSSR count). The van der Waals surface area contributed by atoms with Crippen molar-refractivity contribution < 1.29 is 54.9 Å². The second kappa shape index (κ2) is 27.0. The molecule has 12 heteroatoms. The minimum Gasteiger partial charge on any atom is -0.478 e. The maximum Gasteiger partial charge on any atom is 0.330 e. The Morgan fingerprint density at radius 2 is 0.848 bits per heavy atom. The third kappa shape index (κ3) is 39.9. The van der Waals surface area contributed by atoms with Gasteiger partial charge < -0.3 is 35.7 Å². The maximum absolute atomic E-state index is 9.60. The number of aliphatic hydroxyl groups excluding tert-OH is 3. The molecule has 0 fully saturated rings. The van der Waals surface area contributed by atoms with Gasteiger partial charge in [-0.05, 0) is 38.2 Å². The first-order valence-corrected chi connectivity index (χ1v) is 8.79. The van der Waals surface area contributed by atoms with E-state index in [-0.39, 0.29) is 47.5 Å². The summed E-state index contributed by atoms with van der Waals surface area (Å²) in [7, 11) is 0. The van der Waals surface area contributed by atoms with Crippen molar-refractivity contribution in [3.05, 3.63) is 49.1 Å². The Hall–Kier alpha value is -3.06. The quantitative estimate of drug-likeness (QED) is 0.177. The van der Waals surface area contributed by atoms with E-state index in [2.05, 4.69) is 26.3 Å². The Morgan fingerprint density at radius 3 is 0.848 bits per heavy atom. The van der Waals surface area contributed by atoms with E-state index in [4.69, 9.17) is 35.7 Å². The molecule has 0 spiro atoms. The molecule has 7 N–H and O–H groups in total. The van der Waals surface area contributed by atoms with E-state index in [1.807, 2.05) is 6.92 Å². The third-order valence-corrected chi connectivity index (χ3v) is 3.03. The number of carboxylic acid groups (broad SMARTS) is 4. The highest BCUT2D eigenvalue weighted by molar-refractivity contribution is 5.85. The summed E-state index contributed by atoms with van der Waals surface area (Å²) in [6, 6.07) is 0. The molecule has 0 aliphatic carbocycles. The van der Waals surface area contributed by atoms with Gasteiger partial charge in [0.05, 0.1) is 19.8 Å². The number of rotatable bonds is 8. The van der Waals surface area contributed by atoms with Crippen molar-refractivity contribution in [1.29, 1.82) is 0 Å². The summed E-state index contributed by atoms with van der Waals surface area (Å²) >= 11 is 0. The molecule has 0 amide bonds. The van der Waals surface area contributed by atoms with E-state index in [1.54, 1.807) is 0 Å². The van der Waals surface area contributed by atoms with E-state index in [9.17, 15) is 19.2 Å². The molecular weight excluding hydrogens is 456 g/mol. The first-order valence-electron chi connectivity index (χ1n) is 8.79. The lowest BCUT2D eigenvalue weighted by atomic mass is 9.88. The molecule has 0 aromatic rings. The molecule has 194 valence electrons. The summed E-state index contributed by atoms with van der Waals surface area (Å²) in [5.41, 5.74) is -0.139. The molecule has 0 aliphatic heterocycles. The van der Waals surface area contributed by atoms with Gasteiger partial charge in [0.15, 0.2) is 0 Å². The van der Waals surface area contributed by atoms with Crippen LogP contribution in [0.3, 0.4) is 0 Å². The molecule has 33 heavy (non-hydrogen) atoms. The van der Waals surface area contributed by atoms with Crippen LogP contribution >= 0.6 is 0 Å². The Balaban J connectivity index is -0.0000000696. The lowest BCUT2D eigenvalue weighted by Gasteiger charge is -2.24. The minimum atomic E-state index is -0.981. The van der Waals surface area contributed by atoms with Crippen LogP contribution in [0.1, 0.15) is 34.1 Å². The van der Waals surface area contributed by atoms with Crippen LogP contribution in [0.15, 0.2) is 49.1 Å². The SMILES string of the molecule is C=C(C)C(=O)O.C=C(C)C(=O)O.C=C(C)C(=O)O.C=CC(=O)O.CCC(CO)(CO)CO.[SiH4]. The average molecular weight is 497 g/mol. The van der Waals surface area contributed by atoms with E-state index in [0.717, 1.165) is 6.08 Å². The topological polar surface area (TPSA) is 210 Å². The Bertz CT molecular complexity index is 526. The van der Waals surface area contributed by atoms with Gasteiger partial charge in [0.1, 0.15) is 0 Å². The van der Waals surface area contributed by atoms with Crippen LogP contribution in [0.4, 0.5) is 0 Å². The normalized spacial score (nSPS) is 8.33. The van der Waals surface area contributed by atoms with E-state index in [0.29, 0.717) is 6.42 Å². The van der Waals surface area contributed by atoms with Gasteiger partial charge in [-0.15, -0.1) is 0 Å². The van der Waals surface area contributed by atoms with Crippen molar-refractivity contribution in [3.8, 4) is 0 Å². The van der Waals surface area contributed by atoms with Gasteiger partial charge in [0.2, 0.25) is 0 Å². The lowest BCUT2D eigenvalue weighted by molar-refractivity contribution is -0.133. The zero-order valence-electron chi connectivity index (χ0n) is 19.0. The van der Waals surface area contributed by atoms with E-state index >= 15 is 0 Å². The van der Waals surface area contributed by atoms with Gasteiger partial charge in [0, 0.05) is 28.2 Å². The van der Waals surface area contributed by atoms with Crippen LogP contribution in [-0.4, -0.2) is 90.4 Å². The van der Waals surface area contributed by atoms with Crippen LogP contribution < -0.4 is 0 Å². The zero-order chi connectivity index (χ0) is 27.1. The molecule has 0 aliphatic rings. The lowest BCUT2D eigenvalue weighted by Crippen LogP contribution is -2.32. The van der Waals surface area contributed by atoms with Gasteiger partial charge in [-0.2, -0.15) is 0 Å². The third-order valence-electron chi connectivity index (χ3n) is 3.03. The monoisotopic (exact) mass is 496 g/mol. The van der Waals surface area contributed by atoms with Gasteiger partial charge in [-0.1, -0.05) is 33.2 Å². The summed E-state index contributed by atoms with van der Waals surface area (Å²) < 4.78 is 0. The van der Waals surface area contributed by atoms with Gasteiger partial charge >= 0.3 is 23.9 Å². The second-order valence-electron chi connectivity index (χ2n) is 6.13. The highest BCUT2D eigenvalue weighted by Gasteiger charge is 2.24. The first-order chi connectivity index (χ1) is 14.4. The van der Waals surface area contributed by atoms with Crippen LogP contribution in [-0.2, 0) is 19.2 Å². The molecule has 0 aromatic carbocycles. The van der Waals surface area contributed by atoms with E-state index < -0.39 is 29.3 Å². The van der Waals surface area contributed by atoms with Crippen LogP contribution in [0, 0.1) is 5.41 Å². The van der Waals surface area contributed by atoms with E-state index in [1.165, 1.54) is 20.8 Å². The summed E-state index contributed by atoms with van der Waals surface area (Å²) in [5, 5.41) is 57.2. The number of carboxylic acids is 4. The van der Waals surface area contributed by atoms with Crippen molar-refractivity contribution in [2.75, 3.05) is 19.8 Å². The van der Waals surface area contributed by atoms with Gasteiger partial charge in [-0.3, -0.25) is 0 Å². The molecule has 0 bridgehead atoms. The summed E-state index contributed by atoms with van der Waals surface area (Å²) in [4.78, 5) is 38.0. The second-order valence-corrected chi connectivity index (χ2v) is 6.13. The molecule has 0 radical (unpaired) electrons. The largest absolute Gasteiger partial charge is 0.478 e. The standard InChI is InChI=1S/C6H14O3.3C4H6O2.C3H4O2.H4Si/c1-2-6(3-7,4-8)5-9;3*1-3(2)4(5)6;1-2-3(4)5;/h7-9H,2-5H2,1H3;3*1H2,2H3,(H,5,6);2H,1H2,(H,4,5);1H4. The van der Waals surface area contributed by atoms with Crippen molar-refractivity contribution >= 4 is 34.8 Å². The fourth-order valence-electron chi connectivity index (χ4n) is 0.485. The molecular formula is C21H40O11Si. The maximum atomic E-state index is 9.60. The first kappa shape index (κ1) is 43.7. The number of carbonyl (C=O) groups is 4. The molecule has 0 aromatic heterocycles. The smallest absolute Gasteiger partial charge is 0.330 e. The fraction of sp³-hybridized carbons (Fsp3) is 0.429. The molecule has 0 heterocycles. The van der Waals surface area contributed by atoms with Crippen molar-refractivity contribution in [3.63, 3.8) is 0 Å². The molecule has 0 saturated carbocycles. The van der Waals surface area contributed by atoms with Crippen LogP contribution in [0.2, 0.25) is 0 Å². The fourth-order valence-corrected chi connectivity index (χ4v) is 0.485. The van der Waals surface area contributed by atoms with Crippen molar-refractivity contribution in [2.45, 2.75) is 34.1 Å². The molecule has 11 nitrogen and oxygen atoms in total. The summed E-state index contributed by atoms with van der Waals surface area (Å²) in [5.74, 6) is -3.79. The number of aliphatic carboxylic acids is 4. The van der Waals surface area contributed by atoms with Gasteiger partial charge in [-0.25, -0.2) is 19.2 Å². The predicted molar refractivity (Wildman–Crippen MR) is 130 cm³/mol. The average Bonchev–Trinajstić information content (AvgIpc) is 2.71. The Labute approximate surface area is 198 Å². The number of aliphatic hydroxyl groups is 3. The minimum absolute atomic E-state index is 0. The predicted octanol–water partition coefficient (Wildman–Crippen LogP) is 0.106. The molecule has 0 unspecified atom stereocenters. The zero-order valence-corrected chi connectivity index (χ0v) is 19.0. The number of hydrogen-bond acceptors (Lipinski definition) is 7. The van der Waals surface area contributed by atoms with Crippen molar-refractivity contribution in [1.82, 2.24) is 0 Å². The highest BCUT2D eigenvalue weighted by Crippen LogP contribution is 2.18. The Morgan fingerprint density at radius 1 is 0.697 bits per heavy atom. The molecule has 0 atom stereocenters. The van der Waals surface area contributed by atoms with Crippen molar-refractivity contribution in [2.24, 2.45) is 5.41 Å². The summed E-state index contributed by atoms with van der Waals surface area (Å²) in [6.07, 6.45) is 1.43. The van der Waals surface area contributed by atoms with Crippen LogP contribution in [0.5, 0.6) is 0 Å². The van der Waals surface area contributed by atoms with Gasteiger partial charge in [0.25, 0.3) is 0 Å².